The van der Waals surface area contributed by atoms with Gasteiger partial charge in [0.05, 0.1) is 11.4 Å². The minimum Gasteiger partial charge on any atom is -0.395 e. The third-order valence-corrected chi connectivity index (χ3v) is 3.75. The van der Waals surface area contributed by atoms with Gasteiger partial charge in [0, 0.05) is 18.7 Å². The van der Waals surface area contributed by atoms with Crippen LogP contribution < -0.4 is 10.6 Å². The zero-order valence-electron chi connectivity index (χ0n) is 11.7. The zero-order valence-corrected chi connectivity index (χ0v) is 11.7. The van der Waals surface area contributed by atoms with Crippen molar-refractivity contribution in [3.63, 3.8) is 0 Å². The molecule has 0 aliphatic heterocycles. The smallest absolute Gasteiger partial charge is 0.280 e. The summed E-state index contributed by atoms with van der Waals surface area (Å²) in [6, 6.07) is 7.78. The van der Waals surface area contributed by atoms with Crippen molar-refractivity contribution in [2.24, 2.45) is 0 Å². The van der Waals surface area contributed by atoms with Crippen LogP contribution in [0.2, 0.25) is 0 Å². The summed E-state index contributed by atoms with van der Waals surface area (Å²) in [5.74, 6) is 0.267. The van der Waals surface area contributed by atoms with Crippen LogP contribution in [0.25, 0.3) is 0 Å². The normalized spacial score (nSPS) is 14.3. The van der Waals surface area contributed by atoms with Gasteiger partial charge in [-0.15, -0.1) is 0 Å². The average molecular weight is 270 g/mol. The van der Waals surface area contributed by atoms with E-state index in [2.05, 4.69) is 10.2 Å². The fraction of sp³-hybridized carbons (Fsp3) is 0.333. The molecule has 3 rings (SSSR count). The van der Waals surface area contributed by atoms with Crippen molar-refractivity contribution in [1.29, 1.82) is 0 Å². The molecular formula is C15H18N4O. The van der Waals surface area contributed by atoms with Gasteiger partial charge in [-0.3, -0.25) is 9.89 Å². The Labute approximate surface area is 117 Å². The highest BCUT2D eigenvalue weighted by Crippen LogP contribution is 2.42. The highest BCUT2D eigenvalue weighted by molar-refractivity contribution is 6.07. The van der Waals surface area contributed by atoms with E-state index < -0.39 is 0 Å². The van der Waals surface area contributed by atoms with Gasteiger partial charge in [0.2, 0.25) is 0 Å². The molecule has 0 atom stereocenters. The lowest BCUT2D eigenvalue weighted by atomic mass is 10.2. The van der Waals surface area contributed by atoms with Crippen LogP contribution in [-0.4, -0.2) is 23.2 Å². The third kappa shape index (κ3) is 2.15. The highest BCUT2D eigenvalue weighted by Gasteiger charge is 2.31. The van der Waals surface area contributed by atoms with Crippen molar-refractivity contribution < 1.29 is 4.79 Å². The number of H-pyrrole nitrogens is 1. The zero-order chi connectivity index (χ0) is 14.3. The minimum atomic E-state index is -0.186. The third-order valence-electron chi connectivity index (χ3n) is 3.75. The lowest BCUT2D eigenvalue weighted by Crippen LogP contribution is -2.27. The van der Waals surface area contributed by atoms with Crippen LogP contribution in [0.3, 0.4) is 0 Å². The molecule has 1 aromatic heterocycles. The van der Waals surface area contributed by atoms with Crippen molar-refractivity contribution in [3.05, 3.63) is 41.2 Å². The monoisotopic (exact) mass is 270 g/mol. The maximum atomic E-state index is 12.5. The van der Waals surface area contributed by atoms with Gasteiger partial charge in [-0.2, -0.15) is 5.10 Å². The summed E-state index contributed by atoms with van der Waals surface area (Å²) in [7, 11) is 1.73. The van der Waals surface area contributed by atoms with Gasteiger partial charge < -0.3 is 10.6 Å². The van der Waals surface area contributed by atoms with Crippen LogP contribution >= 0.6 is 0 Å². The molecule has 1 fully saturated rings. The van der Waals surface area contributed by atoms with Crippen molar-refractivity contribution in [2.75, 3.05) is 17.7 Å². The second-order valence-electron chi connectivity index (χ2n) is 5.37. The predicted molar refractivity (Wildman–Crippen MR) is 78.9 cm³/mol. The van der Waals surface area contributed by atoms with Crippen LogP contribution in [0.4, 0.5) is 11.4 Å². The number of nitrogen functional groups attached to an aromatic ring is 1. The number of hydrogen-bond donors (Lipinski definition) is 2. The summed E-state index contributed by atoms with van der Waals surface area (Å²) >= 11 is 0. The highest BCUT2D eigenvalue weighted by atomic mass is 16.2. The Hall–Kier alpha value is -2.30. The van der Waals surface area contributed by atoms with E-state index in [9.17, 15) is 4.79 Å². The number of anilines is 2. The molecule has 5 nitrogen and oxygen atoms in total. The molecule has 1 heterocycles. The number of aromatic amines is 1. The van der Waals surface area contributed by atoms with Gasteiger partial charge in [-0.1, -0.05) is 17.7 Å². The number of benzene rings is 1. The number of rotatable bonds is 3. The molecule has 0 radical (unpaired) electrons. The first kappa shape index (κ1) is 12.7. The number of nitrogens with one attached hydrogen (secondary N) is 1. The van der Waals surface area contributed by atoms with E-state index in [0.717, 1.165) is 29.8 Å². The summed E-state index contributed by atoms with van der Waals surface area (Å²) < 4.78 is 0. The number of aryl methyl sites for hydroxylation is 1. The van der Waals surface area contributed by atoms with Gasteiger partial charge in [-0.25, -0.2) is 0 Å². The van der Waals surface area contributed by atoms with Crippen molar-refractivity contribution in [3.8, 4) is 0 Å². The van der Waals surface area contributed by atoms with Gasteiger partial charge in [0.1, 0.15) is 0 Å². The Morgan fingerprint density at radius 3 is 2.60 bits per heavy atom. The van der Waals surface area contributed by atoms with E-state index in [4.69, 9.17) is 5.73 Å². The number of amides is 1. The van der Waals surface area contributed by atoms with Crippen LogP contribution in [-0.2, 0) is 0 Å². The first-order chi connectivity index (χ1) is 9.58. The largest absolute Gasteiger partial charge is 0.395 e. The molecule has 0 spiro atoms. The molecule has 1 aliphatic carbocycles. The second-order valence-corrected chi connectivity index (χ2v) is 5.37. The standard InChI is InChI=1S/C15H18N4O/c1-9-3-7-11(8-4-9)19(2)15(20)14-12(16)13(17-18-14)10-5-6-10/h3-4,7-8,10H,5-6,16H2,1-2H3,(H,17,18). The molecule has 2 aromatic rings. The van der Waals surface area contributed by atoms with Gasteiger partial charge in [0.15, 0.2) is 5.69 Å². The lowest BCUT2D eigenvalue weighted by Gasteiger charge is -2.16. The fourth-order valence-corrected chi connectivity index (χ4v) is 2.25. The van der Waals surface area contributed by atoms with Crippen molar-refractivity contribution >= 4 is 17.3 Å². The molecule has 20 heavy (non-hydrogen) atoms. The lowest BCUT2D eigenvalue weighted by molar-refractivity contribution is 0.0989. The molecule has 3 N–H and O–H groups in total. The van der Waals surface area contributed by atoms with E-state index in [-0.39, 0.29) is 5.91 Å². The summed E-state index contributed by atoms with van der Waals surface area (Å²) in [4.78, 5) is 14.0. The number of carbonyl (C=O) groups is 1. The van der Waals surface area contributed by atoms with Crippen LogP contribution in [0, 0.1) is 6.92 Å². The summed E-state index contributed by atoms with van der Waals surface area (Å²) in [5, 5.41) is 7.01. The molecule has 1 saturated carbocycles. The van der Waals surface area contributed by atoms with E-state index in [1.54, 1.807) is 11.9 Å². The molecule has 5 heteroatoms. The van der Waals surface area contributed by atoms with E-state index in [1.165, 1.54) is 0 Å². The fourth-order valence-electron chi connectivity index (χ4n) is 2.25. The number of aromatic nitrogens is 2. The Morgan fingerprint density at radius 2 is 2.00 bits per heavy atom. The minimum absolute atomic E-state index is 0.186. The second kappa shape index (κ2) is 4.67. The molecule has 0 saturated heterocycles. The SMILES string of the molecule is Cc1ccc(N(C)C(=O)c2n[nH]c(C3CC3)c2N)cc1. The topological polar surface area (TPSA) is 75.0 Å². The number of hydrogen-bond acceptors (Lipinski definition) is 3. The van der Waals surface area contributed by atoms with E-state index in [1.807, 2.05) is 31.2 Å². The summed E-state index contributed by atoms with van der Waals surface area (Å²) in [6.45, 7) is 2.01. The summed E-state index contributed by atoms with van der Waals surface area (Å²) in [5.41, 5.74) is 9.75. The Bertz CT molecular complexity index is 640. The first-order valence-corrected chi connectivity index (χ1v) is 6.76. The van der Waals surface area contributed by atoms with E-state index in [0.29, 0.717) is 17.3 Å². The molecular weight excluding hydrogens is 252 g/mol. The molecule has 1 aliphatic rings. The molecule has 0 unspecified atom stereocenters. The Balaban J connectivity index is 1.86. The van der Waals surface area contributed by atoms with Gasteiger partial charge >= 0.3 is 0 Å². The predicted octanol–water partition coefficient (Wildman–Crippen LogP) is 2.45. The summed E-state index contributed by atoms with van der Waals surface area (Å²) in [6.07, 6.45) is 2.24. The Kier molecular flexibility index (Phi) is 2.97. The van der Waals surface area contributed by atoms with Gasteiger partial charge in [-0.05, 0) is 31.9 Å². The molecule has 0 bridgehead atoms. The maximum Gasteiger partial charge on any atom is 0.280 e. The number of carbonyl (C=O) groups excluding carboxylic acids is 1. The number of nitrogens with two attached hydrogens (primary N) is 1. The average Bonchev–Trinajstić information content (AvgIpc) is 3.21. The molecule has 1 aromatic carbocycles. The molecule has 104 valence electrons. The van der Waals surface area contributed by atoms with Gasteiger partial charge in [0.25, 0.3) is 5.91 Å². The van der Waals surface area contributed by atoms with Crippen LogP contribution in [0.5, 0.6) is 0 Å². The quantitative estimate of drug-likeness (QED) is 0.899. The van der Waals surface area contributed by atoms with Crippen LogP contribution in [0.1, 0.15) is 40.5 Å². The number of nitrogens with zero attached hydrogens (tertiary/aromatic N) is 2. The first-order valence-electron chi connectivity index (χ1n) is 6.76. The molecule has 1 amide bonds. The van der Waals surface area contributed by atoms with Crippen molar-refractivity contribution in [2.45, 2.75) is 25.7 Å². The van der Waals surface area contributed by atoms with Crippen molar-refractivity contribution in [1.82, 2.24) is 10.2 Å². The Morgan fingerprint density at radius 1 is 1.35 bits per heavy atom. The maximum absolute atomic E-state index is 12.5. The van der Waals surface area contributed by atoms with E-state index >= 15 is 0 Å². The van der Waals surface area contributed by atoms with Crippen LogP contribution in [0.15, 0.2) is 24.3 Å².